The minimum absolute atomic E-state index is 0.111. The summed E-state index contributed by atoms with van der Waals surface area (Å²) in [5.74, 6) is 0. The zero-order valence-electron chi connectivity index (χ0n) is 11.4. The number of phosphoric acid groups is 1. The molecule has 0 aromatic heterocycles. The van der Waals surface area contributed by atoms with Gasteiger partial charge in [-0.05, 0) is 6.42 Å². The summed E-state index contributed by atoms with van der Waals surface area (Å²) in [6.07, 6.45) is 5.59. The molecule has 0 spiro atoms. The maximum atomic E-state index is 10.7. The summed E-state index contributed by atoms with van der Waals surface area (Å²) >= 11 is 0. The van der Waals surface area contributed by atoms with Crippen LogP contribution in [0.5, 0.6) is 0 Å². The van der Waals surface area contributed by atoms with E-state index >= 15 is 0 Å². The molecule has 0 rings (SSSR count). The highest BCUT2D eigenvalue weighted by Gasteiger charge is 2.27. The van der Waals surface area contributed by atoms with Gasteiger partial charge < -0.3 is 14.3 Å². The summed E-state index contributed by atoms with van der Waals surface area (Å²) in [5, 5.41) is 0. The van der Waals surface area contributed by atoms with Gasteiger partial charge >= 0.3 is 7.82 Å². The first kappa shape index (κ1) is 17.1. The first-order chi connectivity index (χ1) is 7.67. The number of hydrogen-bond acceptors (Lipinski definition) is 2. The maximum Gasteiger partial charge on any atom is 0.469 e. The molecular weight excluding hydrogens is 241 g/mol. The molecule has 5 nitrogen and oxygen atoms in total. The molecule has 0 saturated heterocycles. The van der Waals surface area contributed by atoms with Gasteiger partial charge in [0.15, 0.2) is 0 Å². The van der Waals surface area contributed by atoms with Crippen LogP contribution in [0.2, 0.25) is 0 Å². The van der Waals surface area contributed by atoms with Crippen LogP contribution in [0.3, 0.4) is 0 Å². The summed E-state index contributed by atoms with van der Waals surface area (Å²) in [7, 11) is 1.72. The number of phosphoric ester groups is 1. The lowest BCUT2D eigenvalue weighted by Gasteiger charge is -2.34. The highest BCUT2D eigenvalue weighted by Crippen LogP contribution is 2.36. The summed E-state index contributed by atoms with van der Waals surface area (Å²) in [6, 6.07) is 0.125. The van der Waals surface area contributed by atoms with Crippen LogP contribution >= 0.6 is 7.82 Å². The van der Waals surface area contributed by atoms with Crippen molar-refractivity contribution in [1.82, 2.24) is 0 Å². The Labute approximate surface area is 105 Å². The lowest BCUT2D eigenvalue weighted by atomic mass is 10.1. The van der Waals surface area contributed by atoms with Gasteiger partial charge in [0.1, 0.15) is 12.6 Å². The highest BCUT2D eigenvalue weighted by atomic mass is 31.2. The Morgan fingerprint density at radius 3 is 2.18 bits per heavy atom. The van der Waals surface area contributed by atoms with Crippen molar-refractivity contribution < 1.29 is 23.4 Å². The van der Waals surface area contributed by atoms with Crippen LogP contribution < -0.4 is 0 Å². The molecule has 1 atom stereocenters. The van der Waals surface area contributed by atoms with Crippen LogP contribution in [-0.4, -0.2) is 48.1 Å². The number of hydrogen-bond donors (Lipinski definition) is 2. The van der Waals surface area contributed by atoms with Crippen molar-refractivity contribution in [3.05, 3.63) is 0 Å². The molecule has 0 amide bonds. The van der Waals surface area contributed by atoms with E-state index in [0.717, 1.165) is 12.8 Å². The number of nitrogens with zero attached hydrogens (tertiary/aromatic N) is 1. The summed E-state index contributed by atoms with van der Waals surface area (Å²) < 4.78 is 16.0. The van der Waals surface area contributed by atoms with Crippen molar-refractivity contribution in [2.45, 2.75) is 45.1 Å². The Morgan fingerprint density at radius 1 is 1.18 bits per heavy atom. The van der Waals surface area contributed by atoms with E-state index in [0.29, 0.717) is 4.48 Å². The third kappa shape index (κ3) is 9.74. The van der Waals surface area contributed by atoms with Crippen molar-refractivity contribution in [1.29, 1.82) is 0 Å². The predicted octanol–water partition coefficient (Wildman–Crippen LogP) is 2.14. The molecule has 0 bridgehead atoms. The van der Waals surface area contributed by atoms with E-state index in [1.807, 2.05) is 21.1 Å². The van der Waals surface area contributed by atoms with Crippen LogP contribution in [0.15, 0.2) is 0 Å². The van der Waals surface area contributed by atoms with E-state index in [1.54, 1.807) is 0 Å². The molecule has 0 aliphatic heterocycles. The monoisotopic (exact) mass is 268 g/mol. The number of quaternary nitrogens is 1. The van der Waals surface area contributed by atoms with E-state index < -0.39 is 7.82 Å². The molecule has 1 unspecified atom stereocenters. The van der Waals surface area contributed by atoms with Gasteiger partial charge in [-0.25, -0.2) is 4.57 Å². The Kier molecular flexibility index (Phi) is 7.52. The Balaban J connectivity index is 4.12. The second-order valence-corrected chi connectivity index (χ2v) is 6.65. The fourth-order valence-electron chi connectivity index (χ4n) is 1.68. The highest BCUT2D eigenvalue weighted by molar-refractivity contribution is 7.46. The number of likely N-dealkylation sites (N-methyl/N-ethyl adjacent to an activating group) is 1. The van der Waals surface area contributed by atoms with Gasteiger partial charge in [0.2, 0.25) is 0 Å². The Hall–Kier alpha value is 0.0700. The second-order valence-electron chi connectivity index (χ2n) is 5.41. The van der Waals surface area contributed by atoms with Crippen molar-refractivity contribution in [3.63, 3.8) is 0 Å². The van der Waals surface area contributed by atoms with Gasteiger partial charge in [0.05, 0.1) is 21.1 Å². The molecule has 0 heterocycles. The lowest BCUT2D eigenvalue weighted by Crippen LogP contribution is -2.47. The van der Waals surface area contributed by atoms with Crippen molar-refractivity contribution >= 4 is 7.82 Å². The van der Waals surface area contributed by atoms with Gasteiger partial charge in [-0.3, -0.25) is 4.52 Å². The fourth-order valence-corrected chi connectivity index (χ4v) is 2.05. The zero-order valence-corrected chi connectivity index (χ0v) is 12.3. The van der Waals surface area contributed by atoms with E-state index in [1.165, 1.54) is 19.3 Å². The quantitative estimate of drug-likeness (QED) is 0.382. The van der Waals surface area contributed by atoms with Crippen LogP contribution in [-0.2, 0) is 9.09 Å². The predicted molar refractivity (Wildman–Crippen MR) is 68.6 cm³/mol. The van der Waals surface area contributed by atoms with Crippen molar-refractivity contribution in [3.8, 4) is 0 Å². The molecule has 6 heteroatoms. The molecule has 0 radical (unpaired) electrons. The van der Waals surface area contributed by atoms with Crippen LogP contribution in [0, 0.1) is 0 Å². The standard InChI is InChI=1S/C11H26NO4P/c1-5-6-7-8-9-11(12(2,3)4)10-16-17(13,14)15/h11H,5-10H2,1-4H3,(H-,13,14,15)/p+1. The van der Waals surface area contributed by atoms with Crippen molar-refractivity contribution in [2.75, 3.05) is 27.7 Å². The summed E-state index contributed by atoms with van der Waals surface area (Å²) in [6.45, 7) is 2.27. The molecule has 2 N–H and O–H groups in total. The third-order valence-corrected chi connectivity index (χ3v) is 3.41. The molecule has 0 saturated carbocycles. The average molecular weight is 268 g/mol. The third-order valence-electron chi connectivity index (χ3n) is 2.92. The fraction of sp³-hybridized carbons (Fsp3) is 1.00. The molecule has 0 aliphatic rings. The SMILES string of the molecule is CCCCCCC(COP(=O)(O)O)[N+](C)(C)C. The first-order valence-corrected chi connectivity index (χ1v) is 7.71. The topological polar surface area (TPSA) is 66.8 Å². The van der Waals surface area contributed by atoms with Gasteiger partial charge in [-0.1, -0.05) is 26.2 Å². The molecule has 0 aromatic rings. The zero-order chi connectivity index (χ0) is 13.5. The largest absolute Gasteiger partial charge is 0.469 e. The molecule has 0 fully saturated rings. The lowest BCUT2D eigenvalue weighted by molar-refractivity contribution is -0.896. The van der Waals surface area contributed by atoms with Crippen LogP contribution in [0.1, 0.15) is 39.0 Å². The van der Waals surface area contributed by atoms with Crippen LogP contribution in [0.25, 0.3) is 0 Å². The average Bonchev–Trinajstić information content (AvgIpc) is 2.13. The van der Waals surface area contributed by atoms with Gasteiger partial charge in [0, 0.05) is 6.42 Å². The summed E-state index contributed by atoms with van der Waals surface area (Å²) in [5.41, 5.74) is 0. The smallest absolute Gasteiger partial charge is 0.327 e. The minimum Gasteiger partial charge on any atom is -0.327 e. The van der Waals surface area contributed by atoms with Crippen molar-refractivity contribution in [2.24, 2.45) is 0 Å². The second kappa shape index (κ2) is 7.49. The van der Waals surface area contributed by atoms with Gasteiger partial charge in [-0.2, -0.15) is 0 Å². The molecule has 104 valence electrons. The molecule has 0 aromatic carbocycles. The molecular formula is C11H27NO4P+. The van der Waals surface area contributed by atoms with E-state index in [4.69, 9.17) is 9.79 Å². The molecule has 0 aliphatic carbocycles. The Morgan fingerprint density at radius 2 is 1.76 bits per heavy atom. The number of unbranched alkanes of at least 4 members (excludes halogenated alkanes) is 3. The van der Waals surface area contributed by atoms with Gasteiger partial charge in [-0.15, -0.1) is 0 Å². The van der Waals surface area contributed by atoms with Gasteiger partial charge in [0.25, 0.3) is 0 Å². The molecule has 17 heavy (non-hydrogen) atoms. The van der Waals surface area contributed by atoms with E-state index in [-0.39, 0.29) is 12.6 Å². The normalized spacial score (nSPS) is 14.9. The van der Waals surface area contributed by atoms with E-state index in [2.05, 4.69) is 11.4 Å². The Bertz CT molecular complexity index is 246. The minimum atomic E-state index is -4.34. The maximum absolute atomic E-state index is 10.7. The first-order valence-electron chi connectivity index (χ1n) is 6.18. The van der Waals surface area contributed by atoms with E-state index in [9.17, 15) is 4.57 Å². The van der Waals surface area contributed by atoms with Crippen LogP contribution in [0.4, 0.5) is 0 Å². The summed E-state index contributed by atoms with van der Waals surface area (Å²) in [4.78, 5) is 17.4. The number of rotatable bonds is 9.